The normalized spacial score (nSPS) is 14.3. The summed E-state index contributed by atoms with van der Waals surface area (Å²) < 4.78 is 10.3. The summed E-state index contributed by atoms with van der Waals surface area (Å²) in [6, 6.07) is 75.7. The standard InChI is InChI=1S/C71H57BN2O/c1-69(2,3)44-30-33-46(34-31-44)73-60-36-32-45(70(4,5)6)40-57(60)72-67-62(73)38-43(42-29-35-51-49-21-10-9-19-47(49)48-20-11-12-22-50(48)55(51)37-42)39-63(67)75-64-41-61(65-54-25-13-16-26-56(54)71(7,8)66(65)68(64)72)74-58-27-17-14-23-52(58)53-24-15-18-28-59(53)74/h9-41H,1-8H3. The fraction of sp³-hybridized carbons (Fsp3) is 0.155. The molecule has 0 amide bonds. The highest BCUT2D eigenvalue weighted by Crippen LogP contribution is 2.55. The van der Waals surface area contributed by atoms with Gasteiger partial charge in [-0.2, -0.15) is 0 Å². The second kappa shape index (κ2) is 15.4. The molecule has 15 rings (SSSR count). The lowest BCUT2D eigenvalue weighted by Crippen LogP contribution is -2.61. The van der Waals surface area contributed by atoms with E-state index in [2.05, 4.69) is 265 Å². The maximum absolute atomic E-state index is 7.80. The van der Waals surface area contributed by atoms with E-state index in [0.29, 0.717) is 0 Å². The molecule has 360 valence electrons. The molecular weight excluding hydrogens is 908 g/mol. The van der Waals surface area contributed by atoms with Gasteiger partial charge in [0, 0.05) is 44.9 Å². The van der Waals surface area contributed by atoms with Gasteiger partial charge in [-0.1, -0.05) is 201 Å². The number of anilines is 3. The molecule has 0 radical (unpaired) electrons. The highest BCUT2D eigenvalue weighted by molar-refractivity contribution is 6.99. The summed E-state index contributed by atoms with van der Waals surface area (Å²) in [5.74, 6) is 1.81. The lowest BCUT2D eigenvalue weighted by Gasteiger charge is -2.42. The van der Waals surface area contributed by atoms with Crippen molar-refractivity contribution in [2.24, 2.45) is 0 Å². The van der Waals surface area contributed by atoms with Crippen LogP contribution in [-0.4, -0.2) is 11.3 Å². The number of fused-ring (bicyclic) bond motifs is 17. The molecule has 0 N–H and O–H groups in total. The minimum Gasteiger partial charge on any atom is -0.458 e. The van der Waals surface area contributed by atoms with Crippen LogP contribution in [0.4, 0.5) is 17.1 Å². The Balaban J connectivity index is 1.06. The minimum absolute atomic E-state index is 0.0100. The van der Waals surface area contributed by atoms with Gasteiger partial charge in [-0.25, -0.2) is 0 Å². The van der Waals surface area contributed by atoms with E-state index < -0.39 is 0 Å². The average molecular weight is 965 g/mol. The summed E-state index contributed by atoms with van der Waals surface area (Å²) in [6.45, 7) is 18.7. The predicted octanol–water partition coefficient (Wildman–Crippen LogP) is 17.2. The Bertz CT molecular complexity index is 4360. The fourth-order valence-corrected chi connectivity index (χ4v) is 13.7. The van der Waals surface area contributed by atoms with Gasteiger partial charge in [0.2, 0.25) is 0 Å². The molecule has 0 unspecified atom stereocenters. The topological polar surface area (TPSA) is 17.4 Å². The third kappa shape index (κ3) is 6.23. The third-order valence-electron chi connectivity index (χ3n) is 17.3. The van der Waals surface area contributed by atoms with Gasteiger partial charge in [0.15, 0.2) is 0 Å². The van der Waals surface area contributed by atoms with E-state index in [1.807, 2.05) is 0 Å². The van der Waals surface area contributed by atoms with E-state index in [-0.39, 0.29) is 23.0 Å². The number of nitrogens with zero attached hydrogens (tertiary/aromatic N) is 2. The zero-order chi connectivity index (χ0) is 50.9. The Morgan fingerprint density at radius 3 is 1.61 bits per heavy atom. The summed E-state index contributed by atoms with van der Waals surface area (Å²) in [7, 11) is 0. The van der Waals surface area contributed by atoms with Gasteiger partial charge in [0.1, 0.15) is 11.5 Å². The zero-order valence-corrected chi connectivity index (χ0v) is 43.9. The number of hydrogen-bond donors (Lipinski definition) is 0. The van der Waals surface area contributed by atoms with Crippen LogP contribution in [0.1, 0.15) is 77.6 Å². The van der Waals surface area contributed by atoms with Crippen molar-refractivity contribution in [2.75, 3.05) is 4.90 Å². The molecule has 12 aromatic rings. The van der Waals surface area contributed by atoms with Gasteiger partial charge >= 0.3 is 0 Å². The molecule has 1 aromatic heterocycles. The Hall–Kier alpha value is -8.34. The van der Waals surface area contributed by atoms with Crippen molar-refractivity contribution in [1.82, 2.24) is 4.57 Å². The van der Waals surface area contributed by atoms with Crippen LogP contribution in [0, 0.1) is 0 Å². The molecule has 4 heteroatoms. The quantitative estimate of drug-likeness (QED) is 0.130. The second-order valence-corrected chi connectivity index (χ2v) is 24.0. The molecule has 0 fully saturated rings. The molecule has 75 heavy (non-hydrogen) atoms. The van der Waals surface area contributed by atoms with Crippen molar-refractivity contribution in [3.63, 3.8) is 0 Å². The molecule has 2 aliphatic heterocycles. The van der Waals surface area contributed by atoms with Crippen LogP contribution in [0.15, 0.2) is 200 Å². The predicted molar refractivity (Wildman–Crippen MR) is 320 cm³/mol. The number of rotatable bonds is 3. The Morgan fingerprint density at radius 2 is 0.973 bits per heavy atom. The smallest absolute Gasteiger partial charge is 0.256 e. The maximum Gasteiger partial charge on any atom is 0.256 e. The van der Waals surface area contributed by atoms with Gasteiger partial charge in [-0.15, -0.1) is 0 Å². The molecule has 0 atom stereocenters. The van der Waals surface area contributed by atoms with Gasteiger partial charge in [0.25, 0.3) is 6.71 Å². The Labute approximate surface area is 439 Å². The van der Waals surface area contributed by atoms with Crippen molar-refractivity contribution in [2.45, 2.75) is 71.6 Å². The monoisotopic (exact) mass is 964 g/mol. The van der Waals surface area contributed by atoms with E-state index >= 15 is 0 Å². The first-order chi connectivity index (χ1) is 36.2. The highest BCUT2D eigenvalue weighted by atomic mass is 16.5. The summed E-state index contributed by atoms with van der Waals surface area (Å²) in [4.78, 5) is 2.54. The number of para-hydroxylation sites is 2. The lowest BCUT2D eigenvalue weighted by molar-refractivity contribution is 0.485. The van der Waals surface area contributed by atoms with E-state index in [1.165, 1.54) is 110 Å². The van der Waals surface area contributed by atoms with E-state index in [0.717, 1.165) is 39.7 Å². The Kier molecular flexibility index (Phi) is 9.05. The maximum atomic E-state index is 7.80. The van der Waals surface area contributed by atoms with Crippen LogP contribution in [0.25, 0.3) is 82.1 Å². The first-order valence-electron chi connectivity index (χ1n) is 26.8. The van der Waals surface area contributed by atoms with Crippen molar-refractivity contribution >= 4 is 94.3 Å². The van der Waals surface area contributed by atoms with E-state index in [9.17, 15) is 0 Å². The number of ether oxygens (including phenoxy) is 1. The molecule has 1 aliphatic carbocycles. The minimum atomic E-state index is -0.356. The molecule has 11 aromatic carbocycles. The van der Waals surface area contributed by atoms with Crippen LogP contribution >= 0.6 is 0 Å². The number of aromatic nitrogens is 1. The second-order valence-electron chi connectivity index (χ2n) is 24.0. The highest BCUT2D eigenvalue weighted by Gasteiger charge is 2.49. The third-order valence-corrected chi connectivity index (χ3v) is 17.3. The summed E-state index contributed by atoms with van der Waals surface area (Å²) in [5, 5.41) is 10.1. The lowest BCUT2D eigenvalue weighted by atomic mass is 9.32. The van der Waals surface area contributed by atoms with Crippen LogP contribution in [0.3, 0.4) is 0 Å². The fourth-order valence-electron chi connectivity index (χ4n) is 13.7. The number of benzene rings is 11. The first-order valence-corrected chi connectivity index (χ1v) is 26.8. The van der Waals surface area contributed by atoms with E-state index in [1.54, 1.807) is 0 Å². The summed E-state index contributed by atoms with van der Waals surface area (Å²) in [6.07, 6.45) is 0. The van der Waals surface area contributed by atoms with Crippen LogP contribution in [0.2, 0.25) is 0 Å². The molecule has 0 spiro atoms. The van der Waals surface area contributed by atoms with Crippen LogP contribution in [0.5, 0.6) is 11.5 Å². The molecule has 3 nitrogen and oxygen atoms in total. The molecule has 3 heterocycles. The summed E-state index contributed by atoms with van der Waals surface area (Å²) in [5.41, 5.74) is 20.5. The Morgan fingerprint density at radius 1 is 0.427 bits per heavy atom. The van der Waals surface area contributed by atoms with Crippen LogP contribution < -0.4 is 26.0 Å². The molecule has 0 saturated carbocycles. The van der Waals surface area contributed by atoms with Gasteiger partial charge in [0.05, 0.1) is 16.7 Å². The largest absolute Gasteiger partial charge is 0.458 e. The van der Waals surface area contributed by atoms with Gasteiger partial charge in [-0.05, 0) is 147 Å². The molecular formula is C71H57BN2O. The average Bonchev–Trinajstić information content (AvgIpc) is 3.89. The SMILES string of the molecule is CC(C)(C)c1ccc(N2c3ccc(C(C)(C)C)cc3B3c4c(cc(-c5ccc6c7ccccc7c7ccccc7c6c5)cc42)Oc2cc(-n4c5ccccc5c5ccccc54)c4c(c23)C(C)(C)c2ccccc2-4)cc1. The molecule has 3 aliphatic rings. The van der Waals surface area contributed by atoms with Crippen molar-refractivity contribution in [1.29, 1.82) is 0 Å². The molecule has 0 saturated heterocycles. The van der Waals surface area contributed by atoms with Crippen molar-refractivity contribution < 1.29 is 4.74 Å². The zero-order valence-electron chi connectivity index (χ0n) is 43.9. The van der Waals surface area contributed by atoms with E-state index in [4.69, 9.17) is 4.74 Å². The van der Waals surface area contributed by atoms with Crippen molar-refractivity contribution in [3.05, 3.63) is 222 Å². The first kappa shape index (κ1) is 44.2. The van der Waals surface area contributed by atoms with Gasteiger partial charge < -0.3 is 14.2 Å². The van der Waals surface area contributed by atoms with Crippen LogP contribution in [-0.2, 0) is 16.2 Å². The van der Waals surface area contributed by atoms with Crippen molar-refractivity contribution in [3.8, 4) is 39.4 Å². The number of hydrogen-bond acceptors (Lipinski definition) is 2. The molecule has 0 bridgehead atoms. The van der Waals surface area contributed by atoms with Gasteiger partial charge in [-0.3, -0.25) is 0 Å². The summed E-state index contributed by atoms with van der Waals surface area (Å²) >= 11 is 0.